The van der Waals surface area contributed by atoms with Gasteiger partial charge < -0.3 is 5.73 Å². The molecule has 0 fully saturated rings. The minimum absolute atomic E-state index is 0.0409. The van der Waals surface area contributed by atoms with E-state index in [1.165, 1.54) is 24.7 Å². The quantitative estimate of drug-likeness (QED) is 0.687. The van der Waals surface area contributed by atoms with Crippen LogP contribution in [0.3, 0.4) is 0 Å². The molecule has 0 saturated heterocycles. The van der Waals surface area contributed by atoms with Gasteiger partial charge in [-0.2, -0.15) is 10.2 Å². The Hall–Kier alpha value is -1.98. The molecule has 2 aromatic rings. The fourth-order valence-corrected chi connectivity index (χ4v) is 0.918. The Morgan fingerprint density at radius 1 is 1.31 bits per heavy atom. The Morgan fingerprint density at radius 3 is 2.62 bits per heavy atom. The van der Waals surface area contributed by atoms with E-state index in [-0.39, 0.29) is 11.5 Å². The Bertz CT molecular complexity index is 411. The first-order valence-corrected chi connectivity index (χ1v) is 3.55. The van der Waals surface area contributed by atoms with E-state index in [4.69, 9.17) is 5.73 Å². The van der Waals surface area contributed by atoms with Gasteiger partial charge in [0.25, 0.3) is 0 Å². The van der Waals surface area contributed by atoms with Crippen LogP contribution in [0.1, 0.15) is 0 Å². The van der Waals surface area contributed by atoms with Gasteiger partial charge in [-0.05, 0) is 0 Å². The topological polar surface area (TPSA) is 69.6 Å². The molecule has 2 heterocycles. The lowest BCUT2D eigenvalue weighted by atomic mass is 10.4. The Morgan fingerprint density at radius 2 is 2.00 bits per heavy atom. The maximum atomic E-state index is 13.2. The molecule has 0 spiro atoms. The van der Waals surface area contributed by atoms with Crippen LogP contribution in [-0.2, 0) is 0 Å². The fraction of sp³-hybridized carbons (Fsp3) is 0. The van der Waals surface area contributed by atoms with Crippen molar-refractivity contribution in [1.82, 2.24) is 20.0 Å². The van der Waals surface area contributed by atoms with Crippen LogP contribution in [0.2, 0.25) is 0 Å². The van der Waals surface area contributed by atoms with E-state index in [9.17, 15) is 4.39 Å². The van der Waals surface area contributed by atoms with Gasteiger partial charge in [-0.25, -0.2) is 9.37 Å². The Labute approximate surface area is 73.0 Å². The van der Waals surface area contributed by atoms with E-state index < -0.39 is 5.82 Å². The summed E-state index contributed by atoms with van der Waals surface area (Å²) >= 11 is 0. The molecule has 0 saturated carbocycles. The molecule has 2 rings (SSSR count). The number of rotatable bonds is 1. The molecule has 2 N–H and O–H groups in total. The highest BCUT2D eigenvalue weighted by atomic mass is 19.1. The van der Waals surface area contributed by atoms with Gasteiger partial charge in [-0.3, -0.25) is 0 Å². The molecule has 0 aliphatic heterocycles. The van der Waals surface area contributed by atoms with Crippen molar-refractivity contribution in [3.8, 4) is 5.82 Å². The first-order chi connectivity index (χ1) is 6.27. The van der Waals surface area contributed by atoms with Gasteiger partial charge in [-0.15, -0.1) is 4.80 Å². The number of hydrogen-bond acceptors (Lipinski definition) is 4. The number of nitrogens with two attached hydrogens (primary N) is 1. The van der Waals surface area contributed by atoms with Gasteiger partial charge >= 0.3 is 0 Å². The van der Waals surface area contributed by atoms with Crippen molar-refractivity contribution in [3.63, 3.8) is 0 Å². The summed E-state index contributed by atoms with van der Waals surface area (Å²) < 4.78 is 13.2. The van der Waals surface area contributed by atoms with E-state index in [1.54, 1.807) is 0 Å². The van der Waals surface area contributed by atoms with Crippen LogP contribution >= 0.6 is 0 Å². The minimum Gasteiger partial charge on any atom is -0.397 e. The summed E-state index contributed by atoms with van der Waals surface area (Å²) in [6.07, 6.45) is 4.23. The van der Waals surface area contributed by atoms with Crippen LogP contribution < -0.4 is 5.73 Å². The maximum absolute atomic E-state index is 13.2. The zero-order valence-electron chi connectivity index (χ0n) is 6.55. The number of nitrogens with zero attached hydrogens (tertiary/aromatic N) is 4. The molecule has 0 aliphatic rings. The second-order valence-corrected chi connectivity index (χ2v) is 2.39. The zero-order valence-corrected chi connectivity index (χ0v) is 6.55. The zero-order chi connectivity index (χ0) is 9.26. The van der Waals surface area contributed by atoms with Crippen molar-refractivity contribution in [2.24, 2.45) is 0 Å². The number of anilines is 1. The number of hydrogen-bond donors (Lipinski definition) is 1. The predicted octanol–water partition coefficient (Wildman–Crippen LogP) is 0.384. The third-order valence-electron chi connectivity index (χ3n) is 1.45. The van der Waals surface area contributed by atoms with Crippen LogP contribution in [0.5, 0.6) is 0 Å². The molecule has 0 aromatic carbocycles. The number of nitrogen functional groups attached to an aromatic ring is 1. The normalized spacial score (nSPS) is 10.2. The third-order valence-corrected chi connectivity index (χ3v) is 1.45. The summed E-state index contributed by atoms with van der Waals surface area (Å²) in [6, 6.07) is 1.17. The molecule has 0 atom stereocenters. The van der Waals surface area contributed by atoms with Crippen LogP contribution in [-0.4, -0.2) is 20.0 Å². The molecular formula is C7H6FN5. The molecule has 66 valence electrons. The molecule has 0 unspecified atom stereocenters. The second-order valence-electron chi connectivity index (χ2n) is 2.39. The smallest absolute Gasteiger partial charge is 0.210 e. The van der Waals surface area contributed by atoms with Gasteiger partial charge in [0, 0.05) is 6.07 Å². The van der Waals surface area contributed by atoms with Gasteiger partial charge in [0.1, 0.15) is 0 Å². The SMILES string of the molecule is Nc1cnc(-n2nccn2)c(F)c1. The van der Waals surface area contributed by atoms with E-state index >= 15 is 0 Å². The molecule has 0 bridgehead atoms. The third kappa shape index (κ3) is 1.33. The monoisotopic (exact) mass is 179 g/mol. The molecule has 0 amide bonds. The molecule has 2 aromatic heterocycles. The summed E-state index contributed by atoms with van der Waals surface area (Å²) in [5, 5.41) is 7.48. The number of pyridine rings is 1. The van der Waals surface area contributed by atoms with Crippen LogP contribution in [0, 0.1) is 5.82 Å². The Balaban J connectivity index is 2.53. The van der Waals surface area contributed by atoms with Crippen molar-refractivity contribution < 1.29 is 4.39 Å². The van der Waals surface area contributed by atoms with Crippen LogP contribution in [0.15, 0.2) is 24.7 Å². The van der Waals surface area contributed by atoms with Crippen molar-refractivity contribution >= 4 is 5.69 Å². The number of aromatic nitrogens is 4. The van der Waals surface area contributed by atoms with Gasteiger partial charge in [-0.1, -0.05) is 0 Å². The highest BCUT2D eigenvalue weighted by molar-refractivity contribution is 5.39. The number of halogens is 1. The highest BCUT2D eigenvalue weighted by Gasteiger charge is 2.06. The summed E-state index contributed by atoms with van der Waals surface area (Å²) in [5.41, 5.74) is 5.60. The molecule has 13 heavy (non-hydrogen) atoms. The van der Waals surface area contributed by atoms with E-state index in [1.807, 2.05) is 0 Å². The van der Waals surface area contributed by atoms with E-state index in [0.29, 0.717) is 0 Å². The van der Waals surface area contributed by atoms with Crippen molar-refractivity contribution in [1.29, 1.82) is 0 Å². The van der Waals surface area contributed by atoms with Gasteiger partial charge in [0.05, 0.1) is 24.3 Å². The van der Waals surface area contributed by atoms with E-state index in [2.05, 4.69) is 15.2 Å². The lowest BCUT2D eigenvalue weighted by Gasteiger charge is -2.00. The minimum atomic E-state index is -0.545. The van der Waals surface area contributed by atoms with Crippen LogP contribution in [0.25, 0.3) is 5.82 Å². The predicted molar refractivity (Wildman–Crippen MR) is 43.5 cm³/mol. The molecule has 5 nitrogen and oxygen atoms in total. The van der Waals surface area contributed by atoms with Gasteiger partial charge in [0.15, 0.2) is 5.82 Å². The maximum Gasteiger partial charge on any atom is 0.210 e. The van der Waals surface area contributed by atoms with Crippen LogP contribution in [0.4, 0.5) is 10.1 Å². The largest absolute Gasteiger partial charge is 0.397 e. The average Bonchev–Trinajstić information content (AvgIpc) is 2.56. The summed E-state index contributed by atoms with van der Waals surface area (Å²) in [4.78, 5) is 4.85. The summed E-state index contributed by atoms with van der Waals surface area (Å²) in [7, 11) is 0. The second kappa shape index (κ2) is 2.81. The molecule has 0 radical (unpaired) electrons. The molecule has 0 aliphatic carbocycles. The summed E-state index contributed by atoms with van der Waals surface area (Å²) in [6.45, 7) is 0. The lowest BCUT2D eigenvalue weighted by molar-refractivity contribution is 0.584. The molecular weight excluding hydrogens is 173 g/mol. The van der Waals surface area contributed by atoms with Crippen molar-refractivity contribution in [2.45, 2.75) is 0 Å². The average molecular weight is 179 g/mol. The standard InChI is InChI=1S/C7H6FN5/c8-6-3-5(9)4-10-7(6)13-11-1-2-12-13/h1-4H,9H2. The van der Waals surface area contributed by atoms with E-state index in [0.717, 1.165) is 4.80 Å². The Kier molecular flexibility index (Phi) is 1.66. The first kappa shape index (κ1) is 7.66. The van der Waals surface area contributed by atoms with Crippen molar-refractivity contribution in [2.75, 3.05) is 5.73 Å². The lowest BCUT2D eigenvalue weighted by Crippen LogP contribution is -2.05. The van der Waals surface area contributed by atoms with Crippen molar-refractivity contribution in [3.05, 3.63) is 30.5 Å². The fourth-order valence-electron chi connectivity index (χ4n) is 0.918. The van der Waals surface area contributed by atoms with Gasteiger partial charge in [0.2, 0.25) is 5.82 Å². The first-order valence-electron chi connectivity index (χ1n) is 3.55. The highest BCUT2D eigenvalue weighted by Crippen LogP contribution is 2.10. The summed E-state index contributed by atoms with van der Waals surface area (Å²) in [5.74, 6) is -0.504. The molecule has 6 heteroatoms.